The van der Waals surface area contributed by atoms with Gasteiger partial charge in [-0.3, -0.25) is 0 Å². The molecule has 1 aliphatic heterocycles. The first-order valence-corrected chi connectivity index (χ1v) is 7.32. The number of hydrogen-bond donors (Lipinski definition) is 1. The van der Waals surface area contributed by atoms with Gasteiger partial charge >= 0.3 is 0 Å². The molecule has 19 heavy (non-hydrogen) atoms. The van der Waals surface area contributed by atoms with Crippen molar-refractivity contribution < 1.29 is 14.6 Å². The van der Waals surface area contributed by atoms with E-state index in [0.717, 1.165) is 29.9 Å². The molecule has 1 aliphatic carbocycles. The Balaban J connectivity index is 1.84. The van der Waals surface area contributed by atoms with Crippen LogP contribution >= 0.6 is 0 Å². The van der Waals surface area contributed by atoms with E-state index in [1.165, 1.54) is 12.8 Å². The van der Waals surface area contributed by atoms with E-state index in [2.05, 4.69) is 6.92 Å². The Morgan fingerprint density at radius 1 is 1.21 bits per heavy atom. The molecule has 3 heteroatoms. The number of ether oxygens (including phenoxy) is 2. The fourth-order valence-corrected chi connectivity index (χ4v) is 3.35. The third kappa shape index (κ3) is 2.57. The van der Waals surface area contributed by atoms with Gasteiger partial charge in [0.2, 0.25) is 0 Å². The number of aliphatic hydroxyl groups is 1. The molecule has 0 aromatic heterocycles. The van der Waals surface area contributed by atoms with Gasteiger partial charge in [0.05, 0.1) is 6.10 Å². The number of para-hydroxylation sites is 1. The Bertz CT molecular complexity index is 444. The van der Waals surface area contributed by atoms with Gasteiger partial charge in [-0.25, -0.2) is 0 Å². The number of benzene rings is 1. The molecule has 1 saturated carbocycles. The van der Waals surface area contributed by atoms with Crippen LogP contribution in [0.5, 0.6) is 11.5 Å². The van der Waals surface area contributed by atoms with Gasteiger partial charge < -0.3 is 14.6 Å². The normalized spacial score (nSPS) is 27.9. The second-order valence-electron chi connectivity index (χ2n) is 5.85. The number of fused-ring (bicyclic) bond motifs is 1. The van der Waals surface area contributed by atoms with E-state index in [1.54, 1.807) is 0 Å². The summed E-state index contributed by atoms with van der Waals surface area (Å²) >= 11 is 0. The monoisotopic (exact) mass is 262 g/mol. The smallest absolute Gasteiger partial charge is 0.167 e. The lowest BCUT2D eigenvalue weighted by Crippen LogP contribution is -2.22. The van der Waals surface area contributed by atoms with Crippen molar-refractivity contribution in [3.8, 4) is 11.5 Å². The van der Waals surface area contributed by atoms with Gasteiger partial charge in [-0.2, -0.15) is 0 Å². The Kier molecular flexibility index (Phi) is 3.65. The van der Waals surface area contributed by atoms with Gasteiger partial charge in [0.15, 0.2) is 11.5 Å². The van der Waals surface area contributed by atoms with E-state index in [4.69, 9.17) is 9.47 Å². The van der Waals surface area contributed by atoms with Crippen LogP contribution in [0.3, 0.4) is 0 Å². The van der Waals surface area contributed by atoms with E-state index >= 15 is 0 Å². The molecule has 0 radical (unpaired) electrons. The fourth-order valence-electron chi connectivity index (χ4n) is 3.35. The van der Waals surface area contributed by atoms with Crippen molar-refractivity contribution in [1.29, 1.82) is 0 Å². The zero-order valence-corrected chi connectivity index (χ0v) is 11.5. The summed E-state index contributed by atoms with van der Waals surface area (Å²) in [4.78, 5) is 0. The minimum Gasteiger partial charge on any atom is -0.486 e. The van der Waals surface area contributed by atoms with Crippen molar-refractivity contribution in [3.05, 3.63) is 23.8 Å². The highest BCUT2D eigenvalue weighted by atomic mass is 16.6. The Morgan fingerprint density at radius 3 is 2.89 bits per heavy atom. The first-order chi connectivity index (χ1) is 9.25. The first-order valence-electron chi connectivity index (χ1n) is 7.32. The second kappa shape index (κ2) is 5.41. The molecule has 3 nitrogen and oxygen atoms in total. The molecule has 2 aliphatic rings. The minimum absolute atomic E-state index is 0.348. The van der Waals surface area contributed by atoms with Crippen LogP contribution in [0.15, 0.2) is 18.2 Å². The van der Waals surface area contributed by atoms with Crippen LogP contribution in [0.4, 0.5) is 0 Å². The lowest BCUT2D eigenvalue weighted by molar-refractivity contribution is 0.0657. The second-order valence-corrected chi connectivity index (χ2v) is 5.85. The molecule has 0 bridgehead atoms. The van der Waals surface area contributed by atoms with Gasteiger partial charge in [0, 0.05) is 5.56 Å². The average Bonchev–Trinajstić information content (AvgIpc) is 2.46. The molecule has 3 unspecified atom stereocenters. The highest BCUT2D eigenvalue weighted by Crippen LogP contribution is 2.43. The molecule has 1 fully saturated rings. The molecule has 0 amide bonds. The molecular formula is C16H22O3. The number of hydrogen-bond acceptors (Lipinski definition) is 3. The molecule has 1 aromatic rings. The maximum Gasteiger partial charge on any atom is 0.167 e. The highest BCUT2D eigenvalue weighted by molar-refractivity contribution is 5.48. The molecule has 0 spiro atoms. The van der Waals surface area contributed by atoms with E-state index in [9.17, 15) is 5.11 Å². The van der Waals surface area contributed by atoms with Crippen molar-refractivity contribution >= 4 is 0 Å². The molecule has 0 saturated heterocycles. The first kappa shape index (κ1) is 12.8. The van der Waals surface area contributed by atoms with E-state index in [0.29, 0.717) is 25.0 Å². The molecule has 3 rings (SSSR count). The average molecular weight is 262 g/mol. The third-order valence-corrected chi connectivity index (χ3v) is 4.34. The summed E-state index contributed by atoms with van der Waals surface area (Å²) < 4.78 is 11.3. The van der Waals surface area contributed by atoms with Crippen LogP contribution in [0, 0.1) is 11.8 Å². The van der Waals surface area contributed by atoms with Crippen LogP contribution < -0.4 is 9.47 Å². The van der Waals surface area contributed by atoms with Crippen LogP contribution in [0.1, 0.15) is 44.3 Å². The van der Waals surface area contributed by atoms with Crippen molar-refractivity contribution in [1.82, 2.24) is 0 Å². The Labute approximate surface area is 114 Å². The molecule has 1 heterocycles. The summed E-state index contributed by atoms with van der Waals surface area (Å²) in [5, 5.41) is 10.7. The standard InChI is InChI=1S/C16H22O3/c1-11-4-2-5-12(10-11)15(17)13-6-3-7-14-16(13)19-9-8-18-14/h3,6-7,11-12,15,17H,2,4-5,8-10H2,1H3. The maximum atomic E-state index is 10.7. The molecule has 3 atom stereocenters. The molecule has 1 N–H and O–H groups in total. The van der Waals surface area contributed by atoms with Crippen molar-refractivity contribution in [2.45, 2.75) is 38.7 Å². The summed E-state index contributed by atoms with van der Waals surface area (Å²) in [5.74, 6) is 2.58. The van der Waals surface area contributed by atoms with Crippen molar-refractivity contribution in [2.75, 3.05) is 13.2 Å². The van der Waals surface area contributed by atoms with Gasteiger partial charge in [0.1, 0.15) is 13.2 Å². The minimum atomic E-state index is -0.431. The zero-order valence-electron chi connectivity index (χ0n) is 11.5. The SMILES string of the molecule is CC1CCCC(C(O)c2cccc3c2OCCO3)C1. The summed E-state index contributed by atoms with van der Waals surface area (Å²) in [6.45, 7) is 3.43. The van der Waals surface area contributed by atoms with Gasteiger partial charge in [-0.1, -0.05) is 31.9 Å². The maximum absolute atomic E-state index is 10.7. The van der Waals surface area contributed by atoms with Crippen LogP contribution in [-0.2, 0) is 0 Å². The number of aliphatic hydroxyl groups excluding tert-OH is 1. The summed E-state index contributed by atoms with van der Waals surface area (Å²) in [5.41, 5.74) is 0.899. The van der Waals surface area contributed by atoms with Crippen LogP contribution in [-0.4, -0.2) is 18.3 Å². The molecule has 1 aromatic carbocycles. The highest BCUT2D eigenvalue weighted by Gasteiger charge is 2.29. The topological polar surface area (TPSA) is 38.7 Å². The van der Waals surface area contributed by atoms with Crippen molar-refractivity contribution in [3.63, 3.8) is 0 Å². The van der Waals surface area contributed by atoms with E-state index in [-0.39, 0.29) is 0 Å². The fraction of sp³-hybridized carbons (Fsp3) is 0.625. The predicted octanol–water partition coefficient (Wildman–Crippen LogP) is 3.32. The van der Waals surface area contributed by atoms with Gasteiger partial charge in [-0.05, 0) is 30.7 Å². The Hall–Kier alpha value is -1.22. The zero-order chi connectivity index (χ0) is 13.2. The summed E-state index contributed by atoms with van der Waals surface area (Å²) in [6.07, 6.45) is 4.28. The van der Waals surface area contributed by atoms with Crippen molar-refractivity contribution in [2.24, 2.45) is 11.8 Å². The van der Waals surface area contributed by atoms with Crippen LogP contribution in [0.25, 0.3) is 0 Å². The summed E-state index contributed by atoms with van der Waals surface area (Å²) in [7, 11) is 0. The van der Waals surface area contributed by atoms with Gasteiger partial charge in [-0.15, -0.1) is 0 Å². The third-order valence-electron chi connectivity index (χ3n) is 4.34. The van der Waals surface area contributed by atoms with Gasteiger partial charge in [0.25, 0.3) is 0 Å². The van der Waals surface area contributed by atoms with E-state index in [1.807, 2.05) is 18.2 Å². The lowest BCUT2D eigenvalue weighted by Gasteiger charge is -2.32. The largest absolute Gasteiger partial charge is 0.486 e. The molecule has 104 valence electrons. The predicted molar refractivity (Wildman–Crippen MR) is 73.5 cm³/mol. The number of rotatable bonds is 2. The Morgan fingerprint density at radius 2 is 2.05 bits per heavy atom. The van der Waals surface area contributed by atoms with E-state index < -0.39 is 6.10 Å². The summed E-state index contributed by atoms with van der Waals surface area (Å²) in [6, 6.07) is 5.82. The molecular weight excluding hydrogens is 240 g/mol. The van der Waals surface area contributed by atoms with Crippen LogP contribution in [0.2, 0.25) is 0 Å². The quantitative estimate of drug-likeness (QED) is 0.888. The lowest BCUT2D eigenvalue weighted by atomic mass is 9.78.